The lowest BCUT2D eigenvalue weighted by Gasteiger charge is -2.14. The topological polar surface area (TPSA) is 50.9 Å². The average molecular weight is 207 g/mol. The number of nitrogens with zero attached hydrogens (tertiary/aromatic N) is 1. The smallest absolute Gasteiger partial charge is 0.126 e. The van der Waals surface area contributed by atoms with Gasteiger partial charge in [0.2, 0.25) is 0 Å². The summed E-state index contributed by atoms with van der Waals surface area (Å²) < 4.78 is 0. The fourth-order valence-electron chi connectivity index (χ4n) is 1.57. The van der Waals surface area contributed by atoms with Crippen LogP contribution < -0.4 is 11.1 Å². The predicted octanol–water partition coefficient (Wildman–Crippen LogP) is 2.18. The molecule has 0 aliphatic heterocycles. The highest BCUT2D eigenvalue weighted by Crippen LogP contribution is 2.10. The quantitative estimate of drug-likeness (QED) is 0.751. The van der Waals surface area contributed by atoms with Crippen LogP contribution in [0.4, 0.5) is 5.82 Å². The van der Waals surface area contributed by atoms with E-state index < -0.39 is 0 Å². The number of aryl methyl sites for hydroxylation is 1. The molecule has 84 valence electrons. The van der Waals surface area contributed by atoms with Crippen molar-refractivity contribution in [3.8, 4) is 0 Å². The van der Waals surface area contributed by atoms with E-state index in [1.807, 2.05) is 12.3 Å². The molecular weight excluding hydrogens is 186 g/mol. The van der Waals surface area contributed by atoms with Gasteiger partial charge in [0.15, 0.2) is 0 Å². The third-order valence-electron chi connectivity index (χ3n) is 2.64. The lowest BCUT2D eigenvalue weighted by Crippen LogP contribution is -2.17. The van der Waals surface area contributed by atoms with E-state index >= 15 is 0 Å². The maximum Gasteiger partial charge on any atom is 0.126 e. The zero-order valence-electron chi connectivity index (χ0n) is 9.66. The van der Waals surface area contributed by atoms with Crippen LogP contribution in [-0.2, 0) is 0 Å². The molecule has 0 bridgehead atoms. The van der Waals surface area contributed by atoms with Crippen molar-refractivity contribution in [3.63, 3.8) is 0 Å². The molecule has 0 aliphatic carbocycles. The van der Waals surface area contributed by atoms with Gasteiger partial charge in [-0.05, 0) is 43.5 Å². The molecule has 0 spiro atoms. The van der Waals surface area contributed by atoms with E-state index in [0.717, 1.165) is 31.7 Å². The van der Waals surface area contributed by atoms with Crippen molar-refractivity contribution in [1.82, 2.24) is 4.98 Å². The maximum atomic E-state index is 5.55. The number of hydrogen-bond donors (Lipinski definition) is 2. The zero-order valence-corrected chi connectivity index (χ0v) is 9.66. The van der Waals surface area contributed by atoms with Gasteiger partial charge in [-0.3, -0.25) is 0 Å². The van der Waals surface area contributed by atoms with Crippen LogP contribution >= 0.6 is 0 Å². The third kappa shape index (κ3) is 4.30. The van der Waals surface area contributed by atoms with E-state index in [9.17, 15) is 0 Å². The Bertz CT molecular complexity index is 286. The first-order valence-corrected chi connectivity index (χ1v) is 5.62. The first-order chi connectivity index (χ1) is 7.26. The Balaban J connectivity index is 2.41. The molecule has 0 aliphatic rings. The van der Waals surface area contributed by atoms with Crippen molar-refractivity contribution in [3.05, 3.63) is 23.9 Å². The van der Waals surface area contributed by atoms with Crippen LogP contribution in [0.25, 0.3) is 0 Å². The van der Waals surface area contributed by atoms with Gasteiger partial charge in [-0.15, -0.1) is 0 Å². The van der Waals surface area contributed by atoms with Gasteiger partial charge in [-0.25, -0.2) is 4.98 Å². The van der Waals surface area contributed by atoms with Crippen molar-refractivity contribution in [2.24, 2.45) is 11.7 Å². The molecule has 1 unspecified atom stereocenters. The Hall–Kier alpha value is -1.09. The van der Waals surface area contributed by atoms with Crippen LogP contribution in [0.15, 0.2) is 18.3 Å². The molecule has 0 fully saturated rings. The molecule has 3 heteroatoms. The molecule has 1 aromatic rings. The fourth-order valence-corrected chi connectivity index (χ4v) is 1.57. The first kappa shape index (κ1) is 12.0. The molecule has 1 atom stereocenters. The summed E-state index contributed by atoms with van der Waals surface area (Å²) in [5.74, 6) is 1.61. The second-order valence-electron chi connectivity index (χ2n) is 3.95. The Labute approximate surface area is 92.1 Å². The van der Waals surface area contributed by atoms with Gasteiger partial charge in [0, 0.05) is 12.7 Å². The highest BCUT2D eigenvalue weighted by Gasteiger charge is 2.04. The van der Waals surface area contributed by atoms with E-state index in [1.54, 1.807) is 0 Å². The Morgan fingerprint density at radius 3 is 2.93 bits per heavy atom. The molecule has 3 N–H and O–H groups in total. The van der Waals surface area contributed by atoms with Crippen molar-refractivity contribution in [1.29, 1.82) is 0 Å². The van der Waals surface area contributed by atoms with E-state index in [-0.39, 0.29) is 0 Å². The highest BCUT2D eigenvalue weighted by molar-refractivity contribution is 5.36. The van der Waals surface area contributed by atoms with Crippen molar-refractivity contribution in [2.75, 3.05) is 18.4 Å². The lowest BCUT2D eigenvalue weighted by molar-refractivity contribution is 0.501. The molecule has 0 saturated heterocycles. The number of hydrogen-bond acceptors (Lipinski definition) is 3. The van der Waals surface area contributed by atoms with Gasteiger partial charge >= 0.3 is 0 Å². The van der Waals surface area contributed by atoms with Crippen molar-refractivity contribution >= 4 is 5.82 Å². The summed E-state index contributed by atoms with van der Waals surface area (Å²) in [6.45, 7) is 6.00. The maximum absolute atomic E-state index is 5.55. The van der Waals surface area contributed by atoms with Crippen LogP contribution in [0, 0.1) is 12.8 Å². The summed E-state index contributed by atoms with van der Waals surface area (Å²) in [5.41, 5.74) is 6.79. The zero-order chi connectivity index (χ0) is 11.1. The summed E-state index contributed by atoms with van der Waals surface area (Å²) in [5, 5.41) is 3.35. The van der Waals surface area contributed by atoms with Crippen molar-refractivity contribution < 1.29 is 0 Å². The Morgan fingerprint density at radius 2 is 2.33 bits per heavy atom. The standard InChI is InChI=1S/C12H21N3/c1-3-11(4-6-13)9-15-12-8-10(2)5-7-14-12/h5,7-8,11H,3-4,6,9,13H2,1-2H3,(H,14,15). The number of nitrogens with one attached hydrogen (secondary N) is 1. The van der Waals surface area contributed by atoms with Gasteiger partial charge in [0.05, 0.1) is 0 Å². The summed E-state index contributed by atoms with van der Waals surface area (Å²) in [6.07, 6.45) is 4.08. The molecule has 1 heterocycles. The van der Waals surface area contributed by atoms with Crippen LogP contribution in [0.2, 0.25) is 0 Å². The van der Waals surface area contributed by atoms with Gasteiger partial charge in [0.1, 0.15) is 5.82 Å². The van der Waals surface area contributed by atoms with Gasteiger partial charge in [0.25, 0.3) is 0 Å². The van der Waals surface area contributed by atoms with E-state index in [0.29, 0.717) is 5.92 Å². The van der Waals surface area contributed by atoms with Crippen molar-refractivity contribution in [2.45, 2.75) is 26.7 Å². The minimum absolute atomic E-state index is 0.650. The Kier molecular flexibility index (Phi) is 5.12. The Morgan fingerprint density at radius 1 is 1.53 bits per heavy atom. The minimum atomic E-state index is 0.650. The van der Waals surface area contributed by atoms with Gasteiger partial charge in [-0.1, -0.05) is 13.3 Å². The lowest BCUT2D eigenvalue weighted by atomic mass is 10.0. The van der Waals surface area contributed by atoms with Crippen LogP contribution in [-0.4, -0.2) is 18.1 Å². The number of nitrogens with two attached hydrogens (primary N) is 1. The summed E-state index contributed by atoms with van der Waals surface area (Å²) in [6, 6.07) is 4.07. The normalized spacial score (nSPS) is 12.5. The molecule has 0 saturated carbocycles. The van der Waals surface area contributed by atoms with Crippen LogP contribution in [0.5, 0.6) is 0 Å². The molecule has 0 amide bonds. The number of pyridine rings is 1. The van der Waals surface area contributed by atoms with Crippen LogP contribution in [0.1, 0.15) is 25.3 Å². The second-order valence-corrected chi connectivity index (χ2v) is 3.95. The van der Waals surface area contributed by atoms with E-state index in [4.69, 9.17) is 5.73 Å². The third-order valence-corrected chi connectivity index (χ3v) is 2.64. The van der Waals surface area contributed by atoms with Crippen LogP contribution in [0.3, 0.4) is 0 Å². The first-order valence-electron chi connectivity index (χ1n) is 5.62. The highest BCUT2D eigenvalue weighted by atomic mass is 15.0. The molecular formula is C12H21N3. The molecule has 15 heavy (non-hydrogen) atoms. The van der Waals surface area contributed by atoms with Gasteiger partial charge < -0.3 is 11.1 Å². The predicted molar refractivity (Wildman–Crippen MR) is 64.9 cm³/mol. The summed E-state index contributed by atoms with van der Waals surface area (Å²) in [7, 11) is 0. The fraction of sp³-hybridized carbons (Fsp3) is 0.583. The summed E-state index contributed by atoms with van der Waals surface area (Å²) in [4.78, 5) is 4.26. The van der Waals surface area contributed by atoms with E-state index in [1.165, 1.54) is 5.56 Å². The molecule has 3 nitrogen and oxygen atoms in total. The molecule has 0 radical (unpaired) electrons. The molecule has 1 aromatic heterocycles. The SMILES string of the molecule is CCC(CCN)CNc1cc(C)ccn1. The van der Waals surface area contributed by atoms with Gasteiger partial charge in [-0.2, -0.15) is 0 Å². The molecule has 1 rings (SSSR count). The molecule has 0 aromatic carbocycles. The second kappa shape index (κ2) is 6.40. The monoisotopic (exact) mass is 207 g/mol. The number of anilines is 1. The average Bonchev–Trinajstić information content (AvgIpc) is 2.24. The number of rotatable bonds is 6. The largest absolute Gasteiger partial charge is 0.370 e. The van der Waals surface area contributed by atoms with E-state index in [2.05, 4.69) is 30.2 Å². The minimum Gasteiger partial charge on any atom is -0.370 e. The summed E-state index contributed by atoms with van der Waals surface area (Å²) >= 11 is 0. The number of aromatic nitrogens is 1.